The SMILES string of the molecule is Nc1cc(C(=O)NCC(=O)N2CCCCC2)cc(Cl)c1Cl. The molecule has 5 nitrogen and oxygen atoms in total. The van der Waals surface area contributed by atoms with E-state index in [1.807, 2.05) is 0 Å². The molecule has 7 heteroatoms. The molecule has 1 fully saturated rings. The van der Waals surface area contributed by atoms with Crippen molar-refractivity contribution in [1.82, 2.24) is 10.2 Å². The molecule has 2 amide bonds. The fraction of sp³-hybridized carbons (Fsp3) is 0.429. The van der Waals surface area contributed by atoms with Crippen molar-refractivity contribution in [3.8, 4) is 0 Å². The zero-order valence-electron chi connectivity index (χ0n) is 11.5. The molecule has 0 aliphatic carbocycles. The van der Waals surface area contributed by atoms with E-state index in [0.717, 1.165) is 32.4 Å². The molecule has 1 aromatic rings. The summed E-state index contributed by atoms with van der Waals surface area (Å²) in [5.74, 6) is -0.471. The quantitative estimate of drug-likeness (QED) is 0.835. The standard InChI is InChI=1S/C14H17Cl2N3O2/c15-10-6-9(7-11(17)13(10)16)14(21)18-8-12(20)19-4-2-1-3-5-19/h6-7H,1-5,8,17H2,(H,18,21). The minimum atomic E-state index is -0.398. The summed E-state index contributed by atoms with van der Waals surface area (Å²) in [6.45, 7) is 1.49. The minimum Gasteiger partial charge on any atom is -0.397 e. The molecule has 0 bridgehead atoms. The number of likely N-dealkylation sites (tertiary alicyclic amines) is 1. The van der Waals surface area contributed by atoms with Gasteiger partial charge >= 0.3 is 0 Å². The van der Waals surface area contributed by atoms with E-state index in [1.165, 1.54) is 12.1 Å². The number of hydrogen-bond donors (Lipinski definition) is 2. The van der Waals surface area contributed by atoms with Gasteiger partial charge in [-0.1, -0.05) is 23.2 Å². The lowest BCUT2D eigenvalue weighted by Crippen LogP contribution is -2.42. The Balaban J connectivity index is 1.94. The second-order valence-electron chi connectivity index (χ2n) is 4.99. The van der Waals surface area contributed by atoms with Crippen LogP contribution in [-0.2, 0) is 4.79 Å². The third kappa shape index (κ3) is 4.02. The predicted octanol–water partition coefficient (Wildman–Crippen LogP) is 2.32. The van der Waals surface area contributed by atoms with Gasteiger partial charge in [-0.15, -0.1) is 0 Å². The van der Waals surface area contributed by atoms with Crippen LogP contribution in [0, 0.1) is 0 Å². The van der Waals surface area contributed by atoms with Crippen molar-refractivity contribution in [2.75, 3.05) is 25.4 Å². The lowest BCUT2D eigenvalue weighted by atomic mass is 10.1. The molecule has 0 atom stereocenters. The highest BCUT2D eigenvalue weighted by molar-refractivity contribution is 6.43. The molecule has 0 aromatic heterocycles. The number of carbonyl (C=O) groups is 2. The third-order valence-electron chi connectivity index (χ3n) is 3.43. The minimum absolute atomic E-state index is 0.0288. The highest BCUT2D eigenvalue weighted by Crippen LogP contribution is 2.29. The number of nitrogen functional groups attached to an aromatic ring is 1. The highest BCUT2D eigenvalue weighted by atomic mass is 35.5. The van der Waals surface area contributed by atoms with Gasteiger partial charge in [0.1, 0.15) is 0 Å². The second kappa shape index (κ2) is 7.00. The summed E-state index contributed by atoms with van der Waals surface area (Å²) in [7, 11) is 0. The monoisotopic (exact) mass is 329 g/mol. The lowest BCUT2D eigenvalue weighted by molar-refractivity contribution is -0.130. The van der Waals surface area contributed by atoms with Crippen LogP contribution < -0.4 is 11.1 Å². The van der Waals surface area contributed by atoms with Crippen molar-refractivity contribution in [1.29, 1.82) is 0 Å². The maximum atomic E-state index is 12.0. The van der Waals surface area contributed by atoms with E-state index in [-0.39, 0.29) is 33.7 Å². The first-order chi connectivity index (χ1) is 9.99. The van der Waals surface area contributed by atoms with Gasteiger partial charge in [0.2, 0.25) is 5.91 Å². The van der Waals surface area contributed by atoms with E-state index in [9.17, 15) is 9.59 Å². The Morgan fingerprint density at radius 3 is 2.48 bits per heavy atom. The Morgan fingerprint density at radius 2 is 1.86 bits per heavy atom. The molecular weight excluding hydrogens is 313 g/mol. The zero-order valence-corrected chi connectivity index (χ0v) is 13.0. The fourth-order valence-electron chi connectivity index (χ4n) is 2.25. The zero-order chi connectivity index (χ0) is 15.4. The summed E-state index contributed by atoms with van der Waals surface area (Å²) in [5.41, 5.74) is 6.18. The van der Waals surface area contributed by atoms with Gasteiger partial charge in [-0.3, -0.25) is 9.59 Å². The van der Waals surface area contributed by atoms with Gasteiger partial charge in [0, 0.05) is 18.7 Å². The fourth-order valence-corrected chi connectivity index (χ4v) is 2.59. The van der Waals surface area contributed by atoms with Gasteiger partial charge in [0.25, 0.3) is 5.91 Å². The number of nitrogens with two attached hydrogens (primary N) is 1. The number of piperidine rings is 1. The van der Waals surface area contributed by atoms with Gasteiger partial charge in [-0.25, -0.2) is 0 Å². The normalized spacial score (nSPS) is 14.9. The first-order valence-electron chi connectivity index (χ1n) is 6.79. The summed E-state index contributed by atoms with van der Waals surface area (Å²) < 4.78 is 0. The predicted molar refractivity (Wildman–Crippen MR) is 83.6 cm³/mol. The Labute approximate surface area is 133 Å². The van der Waals surface area contributed by atoms with Gasteiger partial charge in [-0.05, 0) is 31.4 Å². The molecule has 2 rings (SSSR count). The highest BCUT2D eigenvalue weighted by Gasteiger charge is 2.18. The van der Waals surface area contributed by atoms with Gasteiger partial charge < -0.3 is 16.0 Å². The molecule has 1 heterocycles. The molecule has 3 N–H and O–H groups in total. The van der Waals surface area contributed by atoms with Crippen molar-refractivity contribution in [3.63, 3.8) is 0 Å². The van der Waals surface area contributed by atoms with E-state index in [4.69, 9.17) is 28.9 Å². The van der Waals surface area contributed by atoms with Crippen LogP contribution in [0.1, 0.15) is 29.6 Å². The van der Waals surface area contributed by atoms with Crippen molar-refractivity contribution in [2.45, 2.75) is 19.3 Å². The third-order valence-corrected chi connectivity index (χ3v) is 4.24. The summed E-state index contributed by atoms with van der Waals surface area (Å²) in [5, 5.41) is 3.01. The van der Waals surface area contributed by atoms with Crippen molar-refractivity contribution < 1.29 is 9.59 Å². The largest absolute Gasteiger partial charge is 0.397 e. The molecule has 114 valence electrons. The number of nitrogens with one attached hydrogen (secondary N) is 1. The Hall–Kier alpha value is -1.46. The van der Waals surface area contributed by atoms with Crippen molar-refractivity contribution >= 4 is 40.7 Å². The van der Waals surface area contributed by atoms with Crippen molar-refractivity contribution in [2.24, 2.45) is 0 Å². The van der Waals surface area contributed by atoms with E-state index in [2.05, 4.69) is 5.32 Å². The molecule has 1 saturated heterocycles. The summed E-state index contributed by atoms with van der Waals surface area (Å²) in [6, 6.07) is 2.87. The Bertz CT molecular complexity index is 534. The molecule has 0 spiro atoms. The lowest BCUT2D eigenvalue weighted by Gasteiger charge is -2.26. The van der Waals surface area contributed by atoms with E-state index in [0.29, 0.717) is 0 Å². The molecule has 1 aromatic carbocycles. The number of rotatable bonds is 3. The first-order valence-corrected chi connectivity index (χ1v) is 7.55. The molecule has 1 aliphatic rings. The maximum absolute atomic E-state index is 12.0. The average Bonchev–Trinajstić information content (AvgIpc) is 2.50. The Morgan fingerprint density at radius 1 is 1.19 bits per heavy atom. The second-order valence-corrected chi connectivity index (χ2v) is 5.77. The number of nitrogens with zero attached hydrogens (tertiary/aromatic N) is 1. The van der Waals surface area contributed by atoms with E-state index < -0.39 is 5.91 Å². The molecule has 0 saturated carbocycles. The summed E-state index contributed by atoms with van der Waals surface area (Å²) in [6.07, 6.45) is 3.19. The van der Waals surface area contributed by atoms with Crippen molar-refractivity contribution in [3.05, 3.63) is 27.7 Å². The average molecular weight is 330 g/mol. The molecule has 0 unspecified atom stereocenters. The number of hydrogen-bond acceptors (Lipinski definition) is 3. The van der Waals surface area contributed by atoms with Crippen LogP contribution in [0.3, 0.4) is 0 Å². The van der Waals surface area contributed by atoms with Crippen LogP contribution in [0.15, 0.2) is 12.1 Å². The molecule has 1 aliphatic heterocycles. The molecule has 21 heavy (non-hydrogen) atoms. The summed E-state index contributed by atoms with van der Waals surface area (Å²) in [4.78, 5) is 25.7. The molecular formula is C14H17Cl2N3O2. The van der Waals surface area contributed by atoms with Crippen LogP contribution in [0.2, 0.25) is 10.0 Å². The van der Waals surface area contributed by atoms with E-state index in [1.54, 1.807) is 4.90 Å². The Kier molecular flexibility index (Phi) is 5.31. The summed E-state index contributed by atoms with van der Waals surface area (Å²) >= 11 is 11.7. The van der Waals surface area contributed by atoms with Gasteiger partial charge in [0.05, 0.1) is 22.3 Å². The maximum Gasteiger partial charge on any atom is 0.251 e. The van der Waals surface area contributed by atoms with Crippen LogP contribution in [-0.4, -0.2) is 36.3 Å². The van der Waals surface area contributed by atoms with Crippen LogP contribution >= 0.6 is 23.2 Å². The molecule has 0 radical (unpaired) electrons. The van der Waals surface area contributed by atoms with E-state index >= 15 is 0 Å². The smallest absolute Gasteiger partial charge is 0.251 e. The van der Waals surface area contributed by atoms with Crippen LogP contribution in [0.5, 0.6) is 0 Å². The van der Waals surface area contributed by atoms with Gasteiger partial charge in [0.15, 0.2) is 0 Å². The number of halogens is 2. The number of anilines is 1. The topological polar surface area (TPSA) is 75.4 Å². The van der Waals surface area contributed by atoms with Gasteiger partial charge in [-0.2, -0.15) is 0 Å². The number of benzene rings is 1. The number of amides is 2. The first kappa shape index (κ1) is 15.9. The van der Waals surface area contributed by atoms with Crippen LogP contribution in [0.25, 0.3) is 0 Å². The van der Waals surface area contributed by atoms with Crippen LogP contribution in [0.4, 0.5) is 5.69 Å². The number of carbonyl (C=O) groups excluding carboxylic acids is 2.